The van der Waals surface area contributed by atoms with Crippen molar-refractivity contribution >= 4 is 21.7 Å². The van der Waals surface area contributed by atoms with Gasteiger partial charge in [-0.15, -0.1) is 0 Å². The monoisotopic (exact) mass is 257 g/mol. The lowest BCUT2D eigenvalue weighted by Crippen LogP contribution is -2.22. The highest BCUT2D eigenvalue weighted by Crippen LogP contribution is 2.28. The van der Waals surface area contributed by atoms with E-state index in [1.54, 1.807) is 12.3 Å². The van der Waals surface area contributed by atoms with E-state index < -0.39 is 22.8 Å². The van der Waals surface area contributed by atoms with Crippen LogP contribution in [-0.4, -0.2) is 18.2 Å². The van der Waals surface area contributed by atoms with Crippen LogP contribution in [0.25, 0.3) is 10.8 Å². The van der Waals surface area contributed by atoms with E-state index in [0.717, 1.165) is 15.7 Å². The molecule has 0 aliphatic heterocycles. The predicted octanol–water partition coefficient (Wildman–Crippen LogP) is 4.01. The molecular weight excluding hydrogens is 245 g/mol. The maximum atomic E-state index is 12.4. The molecule has 0 aliphatic carbocycles. The first kappa shape index (κ1) is 12.3. The minimum absolute atomic E-state index is 0.749. The summed E-state index contributed by atoms with van der Waals surface area (Å²) in [6.45, 7) is 0. The summed E-state index contributed by atoms with van der Waals surface area (Å²) < 4.78 is 37.2. The highest BCUT2D eigenvalue weighted by molar-refractivity contribution is 7.96. The van der Waals surface area contributed by atoms with Crippen molar-refractivity contribution in [1.82, 2.24) is 0 Å². The molecule has 0 spiro atoms. The van der Waals surface area contributed by atoms with Gasteiger partial charge in [-0.3, -0.25) is 0 Å². The van der Waals surface area contributed by atoms with Gasteiger partial charge in [0.15, 0.2) is 4.90 Å². The molecular formula is C13H12F3S+. The first-order valence-electron chi connectivity index (χ1n) is 5.14. The number of rotatable bonds is 2. The molecule has 0 aliphatic rings. The minimum Gasteiger partial charge on any atom is -0.166 e. The minimum atomic E-state index is -4.10. The summed E-state index contributed by atoms with van der Waals surface area (Å²) in [6, 6.07) is 13.1. The van der Waals surface area contributed by atoms with E-state index >= 15 is 0 Å². The summed E-state index contributed by atoms with van der Waals surface area (Å²) in [5.41, 5.74) is 0. The summed E-state index contributed by atoms with van der Waals surface area (Å²) in [7, 11) is -0.802. The van der Waals surface area contributed by atoms with Crippen LogP contribution < -0.4 is 0 Å². The highest BCUT2D eigenvalue weighted by atomic mass is 32.2. The molecule has 0 heterocycles. The van der Waals surface area contributed by atoms with Gasteiger partial charge in [-0.25, -0.2) is 0 Å². The first-order valence-corrected chi connectivity index (χ1v) is 6.95. The van der Waals surface area contributed by atoms with E-state index in [1.807, 2.05) is 36.4 Å². The van der Waals surface area contributed by atoms with Gasteiger partial charge < -0.3 is 0 Å². The largest absolute Gasteiger partial charge is 0.433 e. The van der Waals surface area contributed by atoms with Gasteiger partial charge in [0.2, 0.25) is 5.75 Å². The molecule has 2 rings (SSSR count). The Morgan fingerprint density at radius 2 is 1.65 bits per heavy atom. The number of halogens is 3. The number of hydrogen-bond donors (Lipinski definition) is 0. The van der Waals surface area contributed by atoms with Crippen LogP contribution in [-0.2, 0) is 10.9 Å². The Kier molecular flexibility index (Phi) is 3.33. The van der Waals surface area contributed by atoms with Crippen molar-refractivity contribution < 1.29 is 13.2 Å². The van der Waals surface area contributed by atoms with Gasteiger partial charge in [-0.1, -0.05) is 30.3 Å². The van der Waals surface area contributed by atoms with Crippen molar-refractivity contribution in [1.29, 1.82) is 0 Å². The summed E-state index contributed by atoms with van der Waals surface area (Å²) in [4.78, 5) is 0.792. The smallest absolute Gasteiger partial charge is 0.166 e. The molecule has 2 aromatic rings. The molecule has 0 aromatic heterocycles. The maximum Gasteiger partial charge on any atom is 0.433 e. The van der Waals surface area contributed by atoms with Gasteiger partial charge in [0.25, 0.3) is 0 Å². The quantitative estimate of drug-likeness (QED) is 0.713. The summed E-state index contributed by atoms with van der Waals surface area (Å²) >= 11 is 0. The zero-order valence-corrected chi connectivity index (χ0v) is 10.1. The standard InChI is InChI=1S/C13H12F3S/c1-17(9-13(14,15)16)12-8-4-6-10-5-2-3-7-11(10)12/h2-8H,9H2,1H3/q+1. The van der Waals surface area contributed by atoms with Crippen LogP contribution >= 0.6 is 0 Å². The fourth-order valence-electron chi connectivity index (χ4n) is 1.82. The SMILES string of the molecule is C[S+](CC(F)(F)F)c1cccc2ccccc12. The Morgan fingerprint density at radius 3 is 2.35 bits per heavy atom. The molecule has 1 atom stereocenters. The molecule has 0 bridgehead atoms. The highest BCUT2D eigenvalue weighted by Gasteiger charge is 2.37. The van der Waals surface area contributed by atoms with E-state index in [0.29, 0.717) is 0 Å². The second kappa shape index (κ2) is 4.61. The molecule has 0 amide bonds. The van der Waals surface area contributed by atoms with Crippen LogP contribution in [0.5, 0.6) is 0 Å². The Balaban J connectivity index is 2.41. The Labute approximate surface area is 101 Å². The molecule has 0 fully saturated rings. The van der Waals surface area contributed by atoms with Gasteiger partial charge in [-0.2, -0.15) is 13.2 Å². The lowest BCUT2D eigenvalue weighted by atomic mass is 10.1. The maximum absolute atomic E-state index is 12.4. The van der Waals surface area contributed by atoms with E-state index in [-0.39, 0.29) is 0 Å². The van der Waals surface area contributed by atoms with Crippen LogP contribution in [0, 0.1) is 0 Å². The van der Waals surface area contributed by atoms with Crippen molar-refractivity contribution in [3.8, 4) is 0 Å². The van der Waals surface area contributed by atoms with Crippen LogP contribution in [0.2, 0.25) is 0 Å². The molecule has 17 heavy (non-hydrogen) atoms. The fraction of sp³-hybridized carbons (Fsp3) is 0.231. The van der Waals surface area contributed by atoms with E-state index in [1.165, 1.54) is 0 Å². The van der Waals surface area contributed by atoms with Gasteiger partial charge in [-0.05, 0) is 17.5 Å². The number of alkyl halides is 3. The second-order valence-corrected chi connectivity index (χ2v) is 5.88. The fourth-order valence-corrected chi connectivity index (χ4v) is 3.34. The van der Waals surface area contributed by atoms with E-state index in [2.05, 4.69) is 0 Å². The summed E-state index contributed by atoms with van der Waals surface area (Å²) in [6.07, 6.45) is -2.45. The average molecular weight is 257 g/mol. The van der Waals surface area contributed by atoms with Crippen molar-refractivity contribution in [2.75, 3.05) is 12.0 Å². The van der Waals surface area contributed by atoms with Crippen LogP contribution in [0.1, 0.15) is 0 Å². The molecule has 0 radical (unpaired) electrons. The van der Waals surface area contributed by atoms with Gasteiger partial charge >= 0.3 is 6.18 Å². The Morgan fingerprint density at radius 1 is 1.00 bits per heavy atom. The molecule has 0 saturated carbocycles. The predicted molar refractivity (Wildman–Crippen MR) is 66.4 cm³/mol. The topological polar surface area (TPSA) is 0 Å². The third-order valence-corrected chi connectivity index (χ3v) is 4.37. The molecule has 1 unspecified atom stereocenters. The third-order valence-electron chi connectivity index (χ3n) is 2.51. The summed E-state index contributed by atoms with van der Waals surface area (Å²) in [5, 5.41) is 1.91. The average Bonchev–Trinajstić information content (AvgIpc) is 2.26. The third kappa shape index (κ3) is 2.94. The van der Waals surface area contributed by atoms with Crippen molar-refractivity contribution in [3.05, 3.63) is 42.5 Å². The van der Waals surface area contributed by atoms with Crippen LogP contribution in [0.4, 0.5) is 13.2 Å². The normalized spacial score (nSPS) is 13.9. The lowest BCUT2D eigenvalue weighted by Gasteiger charge is -2.08. The van der Waals surface area contributed by atoms with Gasteiger partial charge in [0, 0.05) is 16.3 Å². The van der Waals surface area contributed by atoms with Crippen molar-refractivity contribution in [3.63, 3.8) is 0 Å². The second-order valence-electron chi connectivity index (χ2n) is 3.87. The molecule has 90 valence electrons. The molecule has 0 nitrogen and oxygen atoms in total. The Bertz CT molecular complexity index is 514. The zero-order valence-electron chi connectivity index (χ0n) is 9.29. The first-order chi connectivity index (χ1) is 7.97. The molecule has 2 aromatic carbocycles. The molecule has 0 saturated heterocycles. The van der Waals surface area contributed by atoms with Crippen LogP contribution in [0.3, 0.4) is 0 Å². The van der Waals surface area contributed by atoms with Crippen LogP contribution in [0.15, 0.2) is 47.4 Å². The van der Waals surface area contributed by atoms with Crippen molar-refractivity contribution in [2.45, 2.75) is 11.1 Å². The Hall–Kier alpha value is -1.16. The van der Waals surface area contributed by atoms with Gasteiger partial charge in [0.1, 0.15) is 6.26 Å². The zero-order chi connectivity index (χ0) is 12.5. The molecule has 4 heteroatoms. The van der Waals surface area contributed by atoms with Crippen molar-refractivity contribution in [2.24, 2.45) is 0 Å². The number of hydrogen-bond acceptors (Lipinski definition) is 0. The van der Waals surface area contributed by atoms with E-state index in [4.69, 9.17) is 0 Å². The number of fused-ring (bicyclic) bond motifs is 1. The van der Waals surface area contributed by atoms with E-state index in [9.17, 15) is 13.2 Å². The van der Waals surface area contributed by atoms with Gasteiger partial charge in [0.05, 0.1) is 0 Å². The molecule has 0 N–H and O–H groups in total. The lowest BCUT2D eigenvalue weighted by molar-refractivity contribution is -0.105. The summed E-state index contributed by atoms with van der Waals surface area (Å²) in [5.74, 6) is -0.749. The number of benzene rings is 2.